The summed E-state index contributed by atoms with van der Waals surface area (Å²) in [6.45, 7) is 4.86. The number of hydrogen-bond donors (Lipinski definition) is 1. The Balaban J connectivity index is 1.88. The molecule has 0 bridgehead atoms. The highest BCUT2D eigenvalue weighted by Crippen LogP contribution is 2.21. The smallest absolute Gasteiger partial charge is 0.339 e. The van der Waals surface area contributed by atoms with Crippen LogP contribution in [0.15, 0.2) is 30.3 Å². The second kappa shape index (κ2) is 7.19. The Kier molecular flexibility index (Phi) is 5.28. The van der Waals surface area contributed by atoms with Crippen LogP contribution in [-0.4, -0.2) is 24.3 Å². The fourth-order valence-corrected chi connectivity index (χ4v) is 2.94. The van der Waals surface area contributed by atoms with Gasteiger partial charge in [0.05, 0.1) is 5.56 Å². The first-order valence-corrected chi connectivity index (χ1v) is 7.83. The molecule has 1 aromatic heterocycles. The summed E-state index contributed by atoms with van der Waals surface area (Å²) in [5.74, 6) is -0.981. The third-order valence-electron chi connectivity index (χ3n) is 3.17. The van der Waals surface area contributed by atoms with Crippen molar-refractivity contribution in [3.63, 3.8) is 0 Å². The maximum absolute atomic E-state index is 11.9. The fourth-order valence-electron chi connectivity index (χ4n) is 2.03. The predicted octanol–water partition coefficient (Wildman–Crippen LogP) is 3.36. The molecule has 1 aromatic carbocycles. The molecular formula is C17H17NO4S. The molecule has 0 atom stereocenters. The SMILES string of the molecule is CC(=O)c1ccc(NC(=O)COC(=O)c2cc(C)sc2C)cc1. The number of nitrogens with one attached hydrogen (secondary N) is 1. The summed E-state index contributed by atoms with van der Waals surface area (Å²) in [5, 5.41) is 2.61. The Morgan fingerprint density at radius 2 is 1.78 bits per heavy atom. The van der Waals surface area contributed by atoms with E-state index in [1.807, 2.05) is 13.8 Å². The van der Waals surface area contributed by atoms with Crippen LogP contribution in [0, 0.1) is 13.8 Å². The maximum Gasteiger partial charge on any atom is 0.339 e. The van der Waals surface area contributed by atoms with Gasteiger partial charge in [-0.3, -0.25) is 9.59 Å². The molecule has 5 nitrogen and oxygen atoms in total. The fraction of sp³-hybridized carbons (Fsp3) is 0.235. The number of aryl methyl sites for hydroxylation is 2. The molecule has 0 fully saturated rings. The lowest BCUT2D eigenvalue weighted by atomic mass is 10.1. The predicted molar refractivity (Wildman–Crippen MR) is 89.2 cm³/mol. The van der Waals surface area contributed by atoms with Gasteiger partial charge in [-0.25, -0.2) is 4.79 Å². The summed E-state index contributed by atoms with van der Waals surface area (Å²) in [7, 11) is 0. The van der Waals surface area contributed by atoms with Gasteiger partial charge in [0, 0.05) is 21.0 Å². The molecule has 2 aromatic rings. The molecule has 1 heterocycles. The quantitative estimate of drug-likeness (QED) is 0.673. The number of ketones is 1. The van der Waals surface area contributed by atoms with Gasteiger partial charge in [-0.1, -0.05) is 0 Å². The summed E-state index contributed by atoms with van der Waals surface area (Å²) in [5.41, 5.74) is 1.60. The van der Waals surface area contributed by atoms with E-state index in [-0.39, 0.29) is 12.4 Å². The van der Waals surface area contributed by atoms with Gasteiger partial charge in [0.25, 0.3) is 5.91 Å². The Hall–Kier alpha value is -2.47. The van der Waals surface area contributed by atoms with Crippen LogP contribution in [0.5, 0.6) is 0 Å². The van der Waals surface area contributed by atoms with Gasteiger partial charge < -0.3 is 10.1 Å². The highest BCUT2D eigenvalue weighted by atomic mass is 32.1. The summed E-state index contributed by atoms with van der Waals surface area (Å²) in [4.78, 5) is 36.8. The number of carbonyl (C=O) groups excluding carboxylic acids is 3. The molecule has 0 spiro atoms. The van der Waals surface area contributed by atoms with Crippen LogP contribution in [0.2, 0.25) is 0 Å². The highest BCUT2D eigenvalue weighted by Gasteiger charge is 2.15. The molecule has 0 aliphatic heterocycles. The molecule has 0 aliphatic rings. The lowest BCUT2D eigenvalue weighted by molar-refractivity contribution is -0.119. The number of thiophene rings is 1. The van der Waals surface area contributed by atoms with Crippen molar-refractivity contribution in [2.45, 2.75) is 20.8 Å². The van der Waals surface area contributed by atoms with Crippen LogP contribution in [0.3, 0.4) is 0 Å². The van der Waals surface area contributed by atoms with Crippen molar-refractivity contribution in [2.24, 2.45) is 0 Å². The van der Waals surface area contributed by atoms with Crippen molar-refractivity contribution in [3.8, 4) is 0 Å². The van der Waals surface area contributed by atoms with Crippen LogP contribution in [-0.2, 0) is 9.53 Å². The maximum atomic E-state index is 11.9. The third kappa shape index (κ3) is 4.50. The molecule has 0 aliphatic carbocycles. The van der Waals surface area contributed by atoms with Crippen molar-refractivity contribution in [1.82, 2.24) is 0 Å². The van der Waals surface area contributed by atoms with E-state index in [1.54, 1.807) is 30.3 Å². The van der Waals surface area contributed by atoms with E-state index in [4.69, 9.17) is 4.74 Å². The minimum Gasteiger partial charge on any atom is -0.452 e. The molecule has 6 heteroatoms. The number of benzene rings is 1. The van der Waals surface area contributed by atoms with E-state index in [1.165, 1.54) is 18.3 Å². The van der Waals surface area contributed by atoms with Crippen molar-refractivity contribution in [3.05, 3.63) is 51.2 Å². The third-order valence-corrected chi connectivity index (χ3v) is 4.14. The Morgan fingerprint density at radius 1 is 1.13 bits per heavy atom. The molecule has 2 rings (SSSR count). The van der Waals surface area contributed by atoms with Crippen LogP contribution >= 0.6 is 11.3 Å². The second-order valence-corrected chi connectivity index (χ2v) is 6.55. The van der Waals surface area contributed by atoms with Gasteiger partial charge >= 0.3 is 5.97 Å². The summed E-state index contributed by atoms with van der Waals surface area (Å²) in [6.07, 6.45) is 0. The van der Waals surface area contributed by atoms with Gasteiger partial charge in [-0.2, -0.15) is 0 Å². The zero-order valence-electron chi connectivity index (χ0n) is 13.1. The molecule has 1 N–H and O–H groups in total. The number of anilines is 1. The van der Waals surface area contributed by atoms with E-state index < -0.39 is 11.9 Å². The standard InChI is InChI=1S/C17H17NO4S/c1-10-8-15(12(3)23-10)17(21)22-9-16(20)18-14-6-4-13(5-7-14)11(2)19/h4-8H,9H2,1-3H3,(H,18,20). The van der Waals surface area contributed by atoms with Crippen LogP contribution in [0.4, 0.5) is 5.69 Å². The van der Waals surface area contributed by atoms with Gasteiger partial charge in [-0.05, 0) is 51.1 Å². The first-order valence-electron chi connectivity index (χ1n) is 7.02. The number of ether oxygens (including phenoxy) is 1. The van der Waals surface area contributed by atoms with Crippen LogP contribution in [0.1, 0.15) is 37.4 Å². The number of carbonyl (C=O) groups is 3. The average Bonchev–Trinajstić information content (AvgIpc) is 2.84. The molecule has 0 saturated carbocycles. The van der Waals surface area contributed by atoms with Crippen molar-refractivity contribution in [1.29, 1.82) is 0 Å². The van der Waals surface area contributed by atoms with Crippen molar-refractivity contribution in [2.75, 3.05) is 11.9 Å². The first kappa shape index (κ1) is 16.9. The molecule has 0 radical (unpaired) electrons. The van der Waals surface area contributed by atoms with Crippen molar-refractivity contribution >= 4 is 34.7 Å². The zero-order chi connectivity index (χ0) is 17.0. The molecular weight excluding hydrogens is 314 g/mol. The highest BCUT2D eigenvalue weighted by molar-refractivity contribution is 7.12. The average molecular weight is 331 g/mol. The lowest BCUT2D eigenvalue weighted by Crippen LogP contribution is -2.21. The normalized spacial score (nSPS) is 10.2. The first-order chi connectivity index (χ1) is 10.9. The Morgan fingerprint density at radius 3 is 2.30 bits per heavy atom. The largest absolute Gasteiger partial charge is 0.452 e. The zero-order valence-corrected chi connectivity index (χ0v) is 14.0. The van der Waals surface area contributed by atoms with Crippen LogP contribution < -0.4 is 5.32 Å². The van der Waals surface area contributed by atoms with Crippen LogP contribution in [0.25, 0.3) is 0 Å². The minimum atomic E-state index is -0.506. The molecule has 120 valence electrons. The van der Waals surface area contributed by atoms with E-state index >= 15 is 0 Å². The monoisotopic (exact) mass is 331 g/mol. The number of amides is 1. The summed E-state index contributed by atoms with van der Waals surface area (Å²) < 4.78 is 5.02. The van der Waals surface area contributed by atoms with E-state index in [0.29, 0.717) is 16.8 Å². The minimum absolute atomic E-state index is 0.0433. The van der Waals surface area contributed by atoms with E-state index in [0.717, 1.165) is 9.75 Å². The van der Waals surface area contributed by atoms with Gasteiger partial charge in [0.2, 0.25) is 0 Å². The second-order valence-electron chi connectivity index (χ2n) is 5.08. The van der Waals surface area contributed by atoms with Gasteiger partial charge in [0.15, 0.2) is 12.4 Å². The Bertz CT molecular complexity index is 746. The lowest BCUT2D eigenvalue weighted by Gasteiger charge is -2.07. The van der Waals surface area contributed by atoms with E-state index in [9.17, 15) is 14.4 Å². The molecule has 23 heavy (non-hydrogen) atoms. The number of esters is 1. The molecule has 0 saturated heterocycles. The van der Waals surface area contributed by atoms with Gasteiger partial charge in [-0.15, -0.1) is 11.3 Å². The van der Waals surface area contributed by atoms with E-state index in [2.05, 4.69) is 5.32 Å². The molecule has 0 unspecified atom stereocenters. The Labute approximate surface area is 138 Å². The number of rotatable bonds is 5. The number of hydrogen-bond acceptors (Lipinski definition) is 5. The van der Waals surface area contributed by atoms with Gasteiger partial charge in [0.1, 0.15) is 0 Å². The summed E-state index contributed by atoms with van der Waals surface area (Å²) in [6, 6.07) is 8.26. The molecule has 1 amide bonds. The topological polar surface area (TPSA) is 72.5 Å². The van der Waals surface area contributed by atoms with Crippen molar-refractivity contribution < 1.29 is 19.1 Å². The summed E-state index contributed by atoms with van der Waals surface area (Å²) >= 11 is 1.51. The number of Topliss-reactive ketones (excluding diaryl/α,β-unsaturated/α-hetero) is 1.